The van der Waals surface area contributed by atoms with Crippen molar-refractivity contribution in [3.8, 4) is 11.1 Å². The third-order valence-corrected chi connectivity index (χ3v) is 6.19. The number of hydrogen-bond donors (Lipinski definition) is 1. The van der Waals surface area contributed by atoms with Crippen LogP contribution in [0.25, 0.3) is 11.1 Å². The van der Waals surface area contributed by atoms with Crippen LogP contribution in [0.3, 0.4) is 0 Å². The molecule has 8 heteroatoms. The number of benzene rings is 1. The third kappa shape index (κ3) is 4.27. The summed E-state index contributed by atoms with van der Waals surface area (Å²) in [7, 11) is 0. The van der Waals surface area contributed by atoms with E-state index in [-0.39, 0.29) is 17.9 Å². The number of nitrogens with zero attached hydrogens (tertiary/aromatic N) is 3. The summed E-state index contributed by atoms with van der Waals surface area (Å²) in [4.78, 5) is 23.3. The fourth-order valence-corrected chi connectivity index (χ4v) is 4.65. The molecule has 0 spiro atoms. The summed E-state index contributed by atoms with van der Waals surface area (Å²) >= 11 is 0. The molecular weight excluding hydrogens is 393 g/mol. The summed E-state index contributed by atoms with van der Waals surface area (Å²) in [5.74, 6) is 0.666. The number of amides is 1. The second-order valence-corrected chi connectivity index (χ2v) is 8.20. The van der Waals surface area contributed by atoms with E-state index in [1.54, 1.807) is 0 Å². The zero-order chi connectivity index (χ0) is 21.3. The molecule has 0 bridgehead atoms. The molecule has 1 amide bonds. The van der Waals surface area contributed by atoms with Crippen LogP contribution in [0.5, 0.6) is 0 Å². The lowest BCUT2D eigenvalue weighted by Crippen LogP contribution is -2.32. The van der Waals surface area contributed by atoms with E-state index in [2.05, 4.69) is 9.97 Å². The minimum atomic E-state index is -4.39. The Labute approximate surface area is 173 Å². The Kier molecular flexibility index (Phi) is 5.66. The molecule has 2 fully saturated rings. The average molecular weight is 418 g/mol. The second kappa shape index (κ2) is 8.24. The van der Waals surface area contributed by atoms with Crippen LogP contribution in [0.2, 0.25) is 0 Å². The highest BCUT2D eigenvalue weighted by atomic mass is 19.4. The maximum atomic E-state index is 13.0. The van der Waals surface area contributed by atoms with Crippen LogP contribution in [-0.2, 0) is 11.0 Å². The van der Waals surface area contributed by atoms with Gasteiger partial charge < -0.3 is 10.6 Å². The van der Waals surface area contributed by atoms with E-state index >= 15 is 0 Å². The molecule has 30 heavy (non-hydrogen) atoms. The molecule has 2 N–H and O–H groups in total. The number of carbonyl (C=O) groups excluding carboxylic acids is 1. The highest BCUT2D eigenvalue weighted by Gasteiger charge is 2.35. The third-order valence-electron chi connectivity index (χ3n) is 6.19. The number of hydrogen-bond acceptors (Lipinski definition) is 4. The topological polar surface area (TPSA) is 72.1 Å². The monoisotopic (exact) mass is 418 g/mol. The fourth-order valence-electron chi connectivity index (χ4n) is 4.65. The highest BCUT2D eigenvalue weighted by Crippen LogP contribution is 2.39. The van der Waals surface area contributed by atoms with Crippen molar-refractivity contribution in [1.82, 2.24) is 14.9 Å². The second-order valence-electron chi connectivity index (χ2n) is 8.20. The van der Waals surface area contributed by atoms with Gasteiger partial charge in [0.25, 0.3) is 0 Å². The van der Waals surface area contributed by atoms with Crippen LogP contribution in [-0.4, -0.2) is 27.3 Å². The van der Waals surface area contributed by atoms with E-state index in [1.807, 2.05) is 4.90 Å². The van der Waals surface area contributed by atoms with E-state index in [0.717, 1.165) is 37.8 Å². The fraction of sp³-hybridized carbons (Fsp3) is 0.500. The predicted molar refractivity (Wildman–Crippen MR) is 107 cm³/mol. The normalized spacial score (nSPS) is 20.1. The number of carbonyl (C=O) groups is 1. The van der Waals surface area contributed by atoms with E-state index in [0.29, 0.717) is 35.7 Å². The lowest BCUT2D eigenvalue weighted by Gasteiger charge is -2.27. The van der Waals surface area contributed by atoms with Crippen LogP contribution in [0.1, 0.15) is 62.2 Å². The summed E-state index contributed by atoms with van der Waals surface area (Å²) in [6.45, 7) is 0.659. The maximum Gasteiger partial charge on any atom is 0.416 e. The molecule has 1 aromatic carbocycles. The quantitative estimate of drug-likeness (QED) is 0.759. The molecule has 2 aromatic rings. The zero-order valence-corrected chi connectivity index (χ0v) is 16.7. The van der Waals surface area contributed by atoms with Gasteiger partial charge in [-0.1, -0.05) is 25.0 Å². The Balaban J connectivity index is 1.63. The molecular formula is C22H25F3N4O. The molecule has 4 rings (SSSR count). The molecule has 1 aromatic heterocycles. The number of nitrogen functional groups attached to an aromatic ring is 1. The number of aromatic nitrogens is 2. The smallest absolute Gasteiger partial charge is 0.368 e. The summed E-state index contributed by atoms with van der Waals surface area (Å²) in [6, 6.07) is 4.70. The van der Waals surface area contributed by atoms with Gasteiger partial charge >= 0.3 is 6.18 Å². The van der Waals surface area contributed by atoms with Gasteiger partial charge in [0, 0.05) is 24.7 Å². The van der Waals surface area contributed by atoms with Crippen LogP contribution < -0.4 is 5.73 Å². The maximum absolute atomic E-state index is 13.0. The molecule has 1 aliphatic carbocycles. The van der Waals surface area contributed by atoms with Crippen LogP contribution >= 0.6 is 0 Å². The largest absolute Gasteiger partial charge is 0.416 e. The molecule has 160 valence electrons. The molecule has 5 nitrogen and oxygen atoms in total. The van der Waals surface area contributed by atoms with Gasteiger partial charge in [-0.05, 0) is 49.3 Å². The standard InChI is InChI=1S/C22H25F3N4O/c23-22(24,25)16-9-7-15(8-10-16)17-13-27-21(26)28-20(17)18-6-3-11-29(18)19(30)12-14-4-1-2-5-14/h7-10,13-14,18H,1-6,11-12H2,(H2,26,27,28)/t18-/m0/s1. The first kappa shape index (κ1) is 20.6. The Morgan fingerprint density at radius 2 is 1.80 bits per heavy atom. The summed E-state index contributed by atoms with van der Waals surface area (Å²) in [6.07, 6.45) is 3.86. The molecule has 1 aliphatic heterocycles. The van der Waals surface area contributed by atoms with Crippen LogP contribution in [0, 0.1) is 5.92 Å². The predicted octanol–water partition coefficient (Wildman–Crippen LogP) is 4.99. The average Bonchev–Trinajstić information content (AvgIpc) is 3.39. The van der Waals surface area contributed by atoms with Gasteiger partial charge in [0.1, 0.15) is 0 Å². The Morgan fingerprint density at radius 1 is 1.10 bits per heavy atom. The SMILES string of the molecule is Nc1ncc(-c2ccc(C(F)(F)F)cc2)c([C@@H]2CCCN2C(=O)CC2CCCC2)n1. The number of alkyl halides is 3. The van der Waals surface area contributed by atoms with Crippen molar-refractivity contribution in [2.24, 2.45) is 5.92 Å². The highest BCUT2D eigenvalue weighted by molar-refractivity contribution is 5.78. The molecule has 2 heterocycles. The van der Waals surface area contributed by atoms with Crippen molar-refractivity contribution in [1.29, 1.82) is 0 Å². The first-order valence-electron chi connectivity index (χ1n) is 10.4. The lowest BCUT2D eigenvalue weighted by molar-refractivity contribution is -0.137. The van der Waals surface area contributed by atoms with Crippen molar-refractivity contribution < 1.29 is 18.0 Å². The van der Waals surface area contributed by atoms with Crippen molar-refractivity contribution in [2.75, 3.05) is 12.3 Å². The Morgan fingerprint density at radius 3 is 2.47 bits per heavy atom. The van der Waals surface area contributed by atoms with E-state index in [9.17, 15) is 18.0 Å². The van der Waals surface area contributed by atoms with Gasteiger partial charge in [-0.15, -0.1) is 0 Å². The minimum absolute atomic E-state index is 0.0933. The van der Waals surface area contributed by atoms with Gasteiger partial charge in [-0.2, -0.15) is 13.2 Å². The number of halogens is 3. The molecule has 2 aliphatic rings. The molecule has 0 radical (unpaired) electrons. The number of rotatable bonds is 4. The minimum Gasteiger partial charge on any atom is -0.368 e. The van der Waals surface area contributed by atoms with Gasteiger partial charge in [0.15, 0.2) is 0 Å². The number of nitrogens with two attached hydrogens (primary N) is 1. The van der Waals surface area contributed by atoms with E-state index in [4.69, 9.17) is 5.73 Å². The van der Waals surface area contributed by atoms with Crippen molar-refractivity contribution >= 4 is 11.9 Å². The van der Waals surface area contributed by atoms with Gasteiger partial charge in [0.2, 0.25) is 11.9 Å². The number of likely N-dealkylation sites (tertiary alicyclic amines) is 1. The molecule has 1 saturated carbocycles. The van der Waals surface area contributed by atoms with E-state index in [1.165, 1.54) is 31.2 Å². The van der Waals surface area contributed by atoms with Crippen molar-refractivity contribution in [3.63, 3.8) is 0 Å². The summed E-state index contributed by atoms with van der Waals surface area (Å²) in [5.41, 5.74) is 6.93. The van der Waals surface area contributed by atoms with Gasteiger partial charge in [-0.25, -0.2) is 9.97 Å². The molecule has 1 saturated heterocycles. The zero-order valence-electron chi connectivity index (χ0n) is 16.7. The van der Waals surface area contributed by atoms with Crippen LogP contribution in [0.15, 0.2) is 30.5 Å². The van der Waals surface area contributed by atoms with Gasteiger partial charge in [0.05, 0.1) is 17.3 Å². The lowest BCUT2D eigenvalue weighted by atomic mass is 9.98. The Hall–Kier alpha value is -2.64. The van der Waals surface area contributed by atoms with E-state index < -0.39 is 11.7 Å². The molecule has 1 atom stereocenters. The Bertz CT molecular complexity index is 908. The summed E-state index contributed by atoms with van der Waals surface area (Å²) < 4.78 is 38.8. The van der Waals surface area contributed by atoms with Crippen molar-refractivity contribution in [2.45, 2.75) is 57.2 Å². The number of anilines is 1. The van der Waals surface area contributed by atoms with Gasteiger partial charge in [-0.3, -0.25) is 4.79 Å². The molecule has 0 unspecified atom stereocenters. The first-order valence-corrected chi connectivity index (χ1v) is 10.4. The van der Waals surface area contributed by atoms with Crippen molar-refractivity contribution in [3.05, 3.63) is 41.7 Å². The summed E-state index contributed by atoms with van der Waals surface area (Å²) in [5, 5.41) is 0. The van der Waals surface area contributed by atoms with Crippen LogP contribution in [0.4, 0.5) is 19.1 Å². The first-order chi connectivity index (χ1) is 14.3.